The molecule has 2 rings (SSSR count). The Morgan fingerprint density at radius 1 is 1.17 bits per heavy atom. The molecule has 0 aliphatic heterocycles. The van der Waals surface area contributed by atoms with Crippen molar-refractivity contribution < 1.29 is 14.3 Å². The standard InChI is InChI=1S/C14H12FNO2/c15-11-4-2-10(3-5-11)12-7-9(8-14(16)18)1-6-13(12)17/h1-7,17H,8H2,(H2,16,18). The van der Waals surface area contributed by atoms with Gasteiger partial charge in [-0.2, -0.15) is 0 Å². The first-order chi connectivity index (χ1) is 8.56. The van der Waals surface area contributed by atoms with Crippen molar-refractivity contribution >= 4 is 5.91 Å². The van der Waals surface area contributed by atoms with Gasteiger partial charge in [0.2, 0.25) is 5.91 Å². The first kappa shape index (κ1) is 12.1. The van der Waals surface area contributed by atoms with Crippen molar-refractivity contribution in [1.29, 1.82) is 0 Å². The summed E-state index contributed by atoms with van der Waals surface area (Å²) in [6.45, 7) is 0. The summed E-state index contributed by atoms with van der Waals surface area (Å²) in [5.41, 5.74) is 7.06. The molecule has 0 fully saturated rings. The van der Waals surface area contributed by atoms with Gasteiger partial charge in [0.15, 0.2) is 0 Å². The number of amides is 1. The van der Waals surface area contributed by atoms with Crippen LogP contribution in [0.4, 0.5) is 4.39 Å². The molecule has 3 nitrogen and oxygen atoms in total. The Balaban J connectivity index is 2.42. The fourth-order valence-electron chi connectivity index (χ4n) is 1.76. The van der Waals surface area contributed by atoms with Gasteiger partial charge in [0.05, 0.1) is 6.42 Å². The molecular weight excluding hydrogens is 233 g/mol. The predicted octanol–water partition coefficient (Wildman–Crippen LogP) is 2.23. The summed E-state index contributed by atoms with van der Waals surface area (Å²) < 4.78 is 12.8. The Morgan fingerprint density at radius 2 is 1.83 bits per heavy atom. The summed E-state index contributed by atoms with van der Waals surface area (Å²) in [6, 6.07) is 10.6. The van der Waals surface area contributed by atoms with Crippen LogP contribution in [0, 0.1) is 5.82 Å². The Kier molecular flexibility index (Phi) is 3.28. The summed E-state index contributed by atoms with van der Waals surface area (Å²) >= 11 is 0. The lowest BCUT2D eigenvalue weighted by molar-refractivity contribution is -0.117. The molecule has 1 amide bonds. The highest BCUT2D eigenvalue weighted by Crippen LogP contribution is 2.30. The number of rotatable bonds is 3. The molecule has 3 N–H and O–H groups in total. The third-order valence-corrected chi connectivity index (χ3v) is 2.59. The number of benzene rings is 2. The van der Waals surface area contributed by atoms with E-state index in [9.17, 15) is 14.3 Å². The van der Waals surface area contributed by atoms with E-state index in [1.807, 2.05) is 0 Å². The fourth-order valence-corrected chi connectivity index (χ4v) is 1.76. The quantitative estimate of drug-likeness (QED) is 0.870. The lowest BCUT2D eigenvalue weighted by Crippen LogP contribution is -2.13. The highest BCUT2D eigenvalue weighted by atomic mass is 19.1. The summed E-state index contributed by atoms with van der Waals surface area (Å²) in [5, 5.41) is 9.78. The SMILES string of the molecule is NC(=O)Cc1ccc(O)c(-c2ccc(F)cc2)c1. The maximum absolute atomic E-state index is 12.8. The Morgan fingerprint density at radius 3 is 2.44 bits per heavy atom. The molecule has 0 bridgehead atoms. The van der Waals surface area contributed by atoms with Crippen LogP contribution < -0.4 is 5.73 Å². The molecule has 18 heavy (non-hydrogen) atoms. The summed E-state index contributed by atoms with van der Waals surface area (Å²) in [6.07, 6.45) is 0.106. The molecule has 2 aromatic carbocycles. The van der Waals surface area contributed by atoms with Gasteiger partial charge in [-0.1, -0.05) is 18.2 Å². The van der Waals surface area contributed by atoms with Crippen molar-refractivity contribution in [3.05, 3.63) is 53.8 Å². The number of primary amides is 1. The van der Waals surface area contributed by atoms with Gasteiger partial charge in [0.25, 0.3) is 0 Å². The second kappa shape index (κ2) is 4.87. The molecule has 0 saturated carbocycles. The highest BCUT2D eigenvalue weighted by Gasteiger charge is 2.07. The molecule has 0 aliphatic carbocycles. The Bertz CT molecular complexity index is 579. The zero-order chi connectivity index (χ0) is 13.1. The number of halogens is 1. The minimum Gasteiger partial charge on any atom is -0.507 e. The van der Waals surface area contributed by atoms with Crippen molar-refractivity contribution in [2.75, 3.05) is 0 Å². The van der Waals surface area contributed by atoms with E-state index in [0.29, 0.717) is 16.7 Å². The second-order valence-electron chi connectivity index (χ2n) is 4.00. The van der Waals surface area contributed by atoms with Crippen molar-refractivity contribution in [1.82, 2.24) is 0 Å². The first-order valence-corrected chi connectivity index (χ1v) is 5.42. The predicted molar refractivity (Wildman–Crippen MR) is 66.4 cm³/mol. The number of hydrogen-bond acceptors (Lipinski definition) is 2. The molecule has 0 aromatic heterocycles. The van der Waals surface area contributed by atoms with Crippen molar-refractivity contribution in [2.45, 2.75) is 6.42 Å². The Hall–Kier alpha value is -2.36. The number of nitrogens with two attached hydrogens (primary N) is 1. The van der Waals surface area contributed by atoms with E-state index in [-0.39, 0.29) is 18.0 Å². The maximum atomic E-state index is 12.8. The minimum absolute atomic E-state index is 0.0785. The van der Waals surface area contributed by atoms with Crippen LogP contribution in [0.15, 0.2) is 42.5 Å². The van der Waals surface area contributed by atoms with Crippen LogP contribution in [0.2, 0.25) is 0 Å². The third kappa shape index (κ3) is 2.66. The second-order valence-corrected chi connectivity index (χ2v) is 4.00. The minimum atomic E-state index is -0.439. The highest BCUT2D eigenvalue weighted by molar-refractivity contribution is 5.78. The van der Waals surface area contributed by atoms with E-state index in [4.69, 9.17) is 5.73 Å². The summed E-state index contributed by atoms with van der Waals surface area (Å²) in [5.74, 6) is -0.702. The van der Waals surface area contributed by atoms with E-state index in [2.05, 4.69) is 0 Å². The average molecular weight is 245 g/mol. The monoisotopic (exact) mass is 245 g/mol. The van der Waals surface area contributed by atoms with Crippen LogP contribution in [0.5, 0.6) is 5.75 Å². The molecule has 0 spiro atoms. The molecule has 0 heterocycles. The zero-order valence-electron chi connectivity index (χ0n) is 9.56. The topological polar surface area (TPSA) is 63.3 Å². The van der Waals surface area contributed by atoms with E-state index < -0.39 is 5.91 Å². The van der Waals surface area contributed by atoms with E-state index >= 15 is 0 Å². The first-order valence-electron chi connectivity index (χ1n) is 5.42. The van der Waals surface area contributed by atoms with Crippen molar-refractivity contribution in [3.8, 4) is 16.9 Å². The van der Waals surface area contributed by atoms with Gasteiger partial charge in [0.1, 0.15) is 11.6 Å². The van der Waals surface area contributed by atoms with Crippen LogP contribution >= 0.6 is 0 Å². The van der Waals surface area contributed by atoms with Crippen molar-refractivity contribution in [2.24, 2.45) is 5.73 Å². The van der Waals surface area contributed by atoms with Gasteiger partial charge in [-0.05, 0) is 35.4 Å². The lowest BCUT2D eigenvalue weighted by Gasteiger charge is -2.07. The number of hydrogen-bond donors (Lipinski definition) is 2. The van der Waals surface area contributed by atoms with Crippen LogP contribution in [0.25, 0.3) is 11.1 Å². The van der Waals surface area contributed by atoms with E-state index in [1.165, 1.54) is 18.2 Å². The summed E-state index contributed by atoms with van der Waals surface area (Å²) in [7, 11) is 0. The number of carbonyl (C=O) groups excluding carboxylic acids is 1. The van der Waals surface area contributed by atoms with E-state index in [0.717, 1.165) is 0 Å². The third-order valence-electron chi connectivity index (χ3n) is 2.59. The molecule has 2 aromatic rings. The van der Waals surface area contributed by atoms with Gasteiger partial charge in [0, 0.05) is 5.56 Å². The van der Waals surface area contributed by atoms with Crippen LogP contribution in [-0.2, 0) is 11.2 Å². The van der Waals surface area contributed by atoms with E-state index in [1.54, 1.807) is 24.3 Å². The number of phenolic OH excluding ortho intramolecular Hbond substituents is 1. The number of phenols is 1. The largest absolute Gasteiger partial charge is 0.507 e. The zero-order valence-corrected chi connectivity index (χ0v) is 9.56. The van der Waals surface area contributed by atoms with Gasteiger partial charge in [-0.25, -0.2) is 4.39 Å². The molecule has 4 heteroatoms. The van der Waals surface area contributed by atoms with Gasteiger partial charge >= 0.3 is 0 Å². The smallest absolute Gasteiger partial charge is 0.221 e. The molecule has 0 saturated heterocycles. The molecule has 0 aliphatic rings. The average Bonchev–Trinajstić information content (AvgIpc) is 2.32. The van der Waals surface area contributed by atoms with Crippen LogP contribution in [0.1, 0.15) is 5.56 Å². The van der Waals surface area contributed by atoms with Gasteiger partial charge in [-0.3, -0.25) is 4.79 Å². The molecule has 0 radical (unpaired) electrons. The Labute approximate surface area is 104 Å². The van der Waals surface area contributed by atoms with Crippen molar-refractivity contribution in [3.63, 3.8) is 0 Å². The maximum Gasteiger partial charge on any atom is 0.221 e. The van der Waals surface area contributed by atoms with Gasteiger partial charge < -0.3 is 10.8 Å². The van der Waals surface area contributed by atoms with Crippen LogP contribution in [0.3, 0.4) is 0 Å². The molecular formula is C14H12FNO2. The number of aromatic hydroxyl groups is 1. The normalized spacial score (nSPS) is 10.3. The number of carbonyl (C=O) groups is 1. The molecule has 0 atom stereocenters. The molecule has 0 unspecified atom stereocenters. The fraction of sp³-hybridized carbons (Fsp3) is 0.0714. The van der Waals surface area contributed by atoms with Crippen LogP contribution in [-0.4, -0.2) is 11.0 Å². The summed E-state index contributed by atoms with van der Waals surface area (Å²) in [4.78, 5) is 10.9. The lowest BCUT2D eigenvalue weighted by atomic mass is 10.0. The van der Waals surface area contributed by atoms with Gasteiger partial charge in [-0.15, -0.1) is 0 Å². The molecule has 92 valence electrons.